The van der Waals surface area contributed by atoms with Crippen molar-refractivity contribution < 1.29 is 4.42 Å². The Morgan fingerprint density at radius 2 is 2.21 bits per heavy atom. The second kappa shape index (κ2) is 4.65. The fourth-order valence-corrected chi connectivity index (χ4v) is 2.14. The fourth-order valence-electron chi connectivity index (χ4n) is 1.72. The van der Waals surface area contributed by atoms with Gasteiger partial charge in [-0.3, -0.25) is 0 Å². The molecule has 0 aliphatic carbocycles. The van der Waals surface area contributed by atoms with Gasteiger partial charge in [-0.25, -0.2) is 9.50 Å². The Morgan fingerprint density at radius 1 is 1.37 bits per heavy atom. The molecule has 0 aromatic carbocycles. The van der Waals surface area contributed by atoms with Crippen LogP contribution in [0.15, 0.2) is 27.2 Å². The summed E-state index contributed by atoms with van der Waals surface area (Å²) in [6.45, 7) is 4.28. The summed E-state index contributed by atoms with van der Waals surface area (Å²) >= 11 is 3.44. The van der Waals surface area contributed by atoms with Gasteiger partial charge in [0.1, 0.15) is 5.76 Å². The SMILES string of the molecule is Cc1nc(CNc2nc3c(Br)cccn3n2)oc1C. The average molecular weight is 322 g/mol. The minimum atomic E-state index is 0.461. The van der Waals surface area contributed by atoms with Crippen LogP contribution in [0, 0.1) is 13.8 Å². The molecule has 0 saturated carbocycles. The van der Waals surface area contributed by atoms with E-state index < -0.39 is 0 Å². The summed E-state index contributed by atoms with van der Waals surface area (Å²) in [6, 6.07) is 3.82. The Morgan fingerprint density at radius 3 is 2.89 bits per heavy atom. The Kier molecular flexibility index (Phi) is 2.98. The van der Waals surface area contributed by atoms with Crippen molar-refractivity contribution in [2.45, 2.75) is 20.4 Å². The third kappa shape index (κ3) is 2.33. The highest BCUT2D eigenvalue weighted by Crippen LogP contribution is 2.17. The van der Waals surface area contributed by atoms with Crippen LogP contribution in [0.5, 0.6) is 0 Å². The number of anilines is 1. The maximum absolute atomic E-state index is 5.49. The van der Waals surface area contributed by atoms with Crippen LogP contribution in [0.1, 0.15) is 17.3 Å². The first-order chi connectivity index (χ1) is 9.13. The van der Waals surface area contributed by atoms with E-state index in [-0.39, 0.29) is 0 Å². The van der Waals surface area contributed by atoms with Gasteiger partial charge in [0.05, 0.1) is 16.7 Å². The van der Waals surface area contributed by atoms with E-state index in [1.54, 1.807) is 4.52 Å². The van der Waals surface area contributed by atoms with Crippen molar-refractivity contribution in [3.05, 3.63) is 40.1 Å². The summed E-state index contributed by atoms with van der Waals surface area (Å²) in [5.74, 6) is 2.01. The summed E-state index contributed by atoms with van der Waals surface area (Å²) in [7, 11) is 0. The van der Waals surface area contributed by atoms with Crippen molar-refractivity contribution in [1.82, 2.24) is 19.6 Å². The Labute approximate surface area is 118 Å². The molecule has 0 saturated heterocycles. The molecule has 19 heavy (non-hydrogen) atoms. The van der Waals surface area contributed by atoms with Gasteiger partial charge in [0.2, 0.25) is 11.8 Å². The standard InChI is InChI=1S/C12H12BrN5O/c1-7-8(2)19-10(15-7)6-14-12-16-11-9(13)4-3-5-18(11)17-12/h3-5H,6H2,1-2H3,(H,14,17). The Balaban J connectivity index is 1.80. The second-order valence-electron chi connectivity index (χ2n) is 4.16. The first-order valence-corrected chi connectivity index (χ1v) is 6.60. The fraction of sp³-hybridized carbons (Fsp3) is 0.250. The van der Waals surface area contributed by atoms with E-state index in [0.29, 0.717) is 18.4 Å². The van der Waals surface area contributed by atoms with Gasteiger partial charge in [-0.1, -0.05) is 0 Å². The molecule has 0 unspecified atom stereocenters. The van der Waals surface area contributed by atoms with Gasteiger partial charge >= 0.3 is 0 Å². The predicted octanol–water partition coefficient (Wildman–Crippen LogP) is 2.71. The van der Waals surface area contributed by atoms with Gasteiger partial charge < -0.3 is 9.73 Å². The number of aryl methyl sites for hydroxylation is 2. The van der Waals surface area contributed by atoms with Crippen molar-refractivity contribution in [1.29, 1.82) is 0 Å². The molecule has 0 aliphatic rings. The highest BCUT2D eigenvalue weighted by Gasteiger charge is 2.08. The third-order valence-corrected chi connectivity index (χ3v) is 3.40. The van der Waals surface area contributed by atoms with E-state index in [1.807, 2.05) is 32.2 Å². The van der Waals surface area contributed by atoms with Crippen molar-refractivity contribution in [3.8, 4) is 0 Å². The second-order valence-corrected chi connectivity index (χ2v) is 5.02. The molecule has 3 aromatic heterocycles. The lowest BCUT2D eigenvalue weighted by Gasteiger charge is -1.95. The zero-order valence-corrected chi connectivity index (χ0v) is 12.1. The minimum Gasteiger partial charge on any atom is -0.444 e. The molecular formula is C12H12BrN5O. The van der Waals surface area contributed by atoms with Crippen molar-refractivity contribution >= 4 is 27.5 Å². The Hall–Kier alpha value is -1.89. The number of halogens is 1. The van der Waals surface area contributed by atoms with Crippen LogP contribution in [-0.4, -0.2) is 19.6 Å². The molecule has 0 spiro atoms. The molecule has 0 amide bonds. The maximum atomic E-state index is 5.49. The first kappa shape index (κ1) is 12.2. The van der Waals surface area contributed by atoms with Crippen LogP contribution in [0.2, 0.25) is 0 Å². The summed E-state index contributed by atoms with van der Waals surface area (Å²) in [4.78, 5) is 8.68. The van der Waals surface area contributed by atoms with Crippen LogP contribution in [0.25, 0.3) is 5.65 Å². The molecule has 0 atom stereocenters. The minimum absolute atomic E-state index is 0.461. The van der Waals surface area contributed by atoms with E-state index in [4.69, 9.17) is 4.42 Å². The summed E-state index contributed by atoms with van der Waals surface area (Å²) < 4.78 is 8.10. The summed E-state index contributed by atoms with van der Waals surface area (Å²) in [5.41, 5.74) is 1.67. The van der Waals surface area contributed by atoms with Gasteiger partial charge in [0.25, 0.3) is 0 Å². The van der Waals surface area contributed by atoms with E-state index in [9.17, 15) is 0 Å². The van der Waals surface area contributed by atoms with Crippen LogP contribution >= 0.6 is 15.9 Å². The number of hydrogen-bond acceptors (Lipinski definition) is 5. The van der Waals surface area contributed by atoms with E-state index >= 15 is 0 Å². The quantitative estimate of drug-likeness (QED) is 0.803. The molecule has 6 nitrogen and oxygen atoms in total. The topological polar surface area (TPSA) is 68.2 Å². The van der Waals surface area contributed by atoms with Crippen LogP contribution in [0.3, 0.4) is 0 Å². The number of pyridine rings is 1. The number of nitrogens with one attached hydrogen (secondary N) is 1. The van der Waals surface area contributed by atoms with Crippen molar-refractivity contribution in [2.24, 2.45) is 0 Å². The largest absolute Gasteiger partial charge is 0.444 e. The number of rotatable bonds is 3. The molecular weight excluding hydrogens is 310 g/mol. The van der Waals surface area contributed by atoms with Crippen molar-refractivity contribution in [2.75, 3.05) is 5.32 Å². The van der Waals surface area contributed by atoms with Gasteiger partial charge in [-0.15, -0.1) is 5.10 Å². The molecule has 3 heterocycles. The zero-order valence-electron chi connectivity index (χ0n) is 10.5. The van der Waals surface area contributed by atoms with Gasteiger partial charge in [0.15, 0.2) is 5.65 Å². The van der Waals surface area contributed by atoms with Gasteiger partial charge in [0, 0.05) is 6.20 Å². The normalized spacial score (nSPS) is 11.1. The highest BCUT2D eigenvalue weighted by molar-refractivity contribution is 9.10. The van der Waals surface area contributed by atoms with E-state index in [1.165, 1.54) is 0 Å². The van der Waals surface area contributed by atoms with Gasteiger partial charge in [-0.2, -0.15) is 4.98 Å². The number of fused-ring (bicyclic) bond motifs is 1. The predicted molar refractivity (Wildman–Crippen MR) is 74.0 cm³/mol. The summed E-state index contributed by atoms with van der Waals surface area (Å²) in [6.07, 6.45) is 1.84. The lowest BCUT2D eigenvalue weighted by Crippen LogP contribution is -2.01. The highest BCUT2D eigenvalue weighted by atomic mass is 79.9. The number of hydrogen-bond donors (Lipinski definition) is 1. The van der Waals surface area contributed by atoms with Gasteiger partial charge in [-0.05, 0) is 41.9 Å². The number of oxazole rings is 1. The van der Waals surface area contributed by atoms with E-state index in [2.05, 4.69) is 36.3 Å². The average Bonchev–Trinajstić information content (AvgIpc) is 2.92. The monoisotopic (exact) mass is 321 g/mol. The molecule has 0 bridgehead atoms. The zero-order chi connectivity index (χ0) is 13.4. The smallest absolute Gasteiger partial charge is 0.243 e. The molecule has 7 heteroatoms. The number of aromatic nitrogens is 4. The third-order valence-electron chi connectivity index (χ3n) is 2.79. The summed E-state index contributed by atoms with van der Waals surface area (Å²) in [5, 5.41) is 7.41. The Bertz CT molecular complexity index is 713. The lowest BCUT2D eigenvalue weighted by molar-refractivity contribution is 0.478. The number of nitrogens with zero attached hydrogens (tertiary/aromatic N) is 4. The molecule has 3 aromatic rings. The lowest BCUT2D eigenvalue weighted by atomic mass is 10.4. The molecule has 1 N–H and O–H groups in total. The molecule has 0 fully saturated rings. The molecule has 0 aliphatic heterocycles. The molecule has 3 rings (SSSR count). The first-order valence-electron chi connectivity index (χ1n) is 5.81. The molecule has 0 radical (unpaired) electrons. The van der Waals surface area contributed by atoms with Crippen molar-refractivity contribution in [3.63, 3.8) is 0 Å². The van der Waals surface area contributed by atoms with Crippen LogP contribution in [0.4, 0.5) is 5.95 Å². The molecule has 98 valence electrons. The van der Waals surface area contributed by atoms with Crippen LogP contribution in [-0.2, 0) is 6.54 Å². The van der Waals surface area contributed by atoms with Crippen LogP contribution < -0.4 is 5.32 Å². The maximum Gasteiger partial charge on any atom is 0.243 e. The van der Waals surface area contributed by atoms with E-state index in [0.717, 1.165) is 21.6 Å².